The second-order valence-corrected chi connectivity index (χ2v) is 6.27. The molecule has 0 aliphatic heterocycles. The lowest BCUT2D eigenvalue weighted by atomic mass is 9.51. The molecule has 1 N–H and O–H groups in total. The minimum Gasteiger partial charge on any atom is -0.380 e. The van der Waals surface area contributed by atoms with E-state index in [2.05, 4.69) is 39.2 Å². The largest absolute Gasteiger partial charge is 0.380 e. The summed E-state index contributed by atoms with van der Waals surface area (Å²) in [6.07, 6.45) is 9.25. The molecule has 0 saturated heterocycles. The molecular weight excluding hydrogens is 292 g/mol. The molecule has 1 aromatic heterocycles. The van der Waals surface area contributed by atoms with Gasteiger partial charge in [-0.15, -0.1) is 0 Å². The van der Waals surface area contributed by atoms with Gasteiger partial charge in [-0.1, -0.05) is 6.42 Å². The van der Waals surface area contributed by atoms with Crippen LogP contribution in [0.1, 0.15) is 32.6 Å². The third-order valence-corrected chi connectivity index (χ3v) is 4.92. The molecule has 1 aromatic rings. The number of hydrogen-bond donors (Lipinski definition) is 1. The Bertz CT molecular complexity index is 434. The topological polar surface area (TPSA) is 34.1 Å². The second-order valence-electron chi connectivity index (χ2n) is 5.36. The molecule has 2 fully saturated rings. The Kier molecular flexibility index (Phi) is 3.32. The van der Waals surface area contributed by atoms with E-state index in [1.807, 2.05) is 12.4 Å². The van der Waals surface area contributed by atoms with E-state index in [4.69, 9.17) is 4.74 Å². The first-order valence-electron chi connectivity index (χ1n) is 6.73. The maximum absolute atomic E-state index is 5.86. The second kappa shape index (κ2) is 4.82. The fourth-order valence-electron chi connectivity index (χ4n) is 3.33. The van der Waals surface area contributed by atoms with Gasteiger partial charge in [0.05, 0.1) is 18.0 Å². The molecule has 98 valence electrons. The van der Waals surface area contributed by atoms with Gasteiger partial charge in [-0.25, -0.2) is 0 Å². The third-order valence-electron chi connectivity index (χ3n) is 4.48. The van der Waals surface area contributed by atoms with Crippen LogP contribution >= 0.6 is 15.9 Å². The summed E-state index contributed by atoms with van der Waals surface area (Å²) in [5.74, 6) is 0. The van der Waals surface area contributed by atoms with Crippen LogP contribution in [-0.4, -0.2) is 23.7 Å². The Balaban J connectivity index is 1.68. The highest BCUT2D eigenvalue weighted by Gasteiger charge is 2.58. The molecular formula is C14H19BrN2O. The molecule has 0 radical (unpaired) electrons. The molecule has 1 heterocycles. The monoisotopic (exact) mass is 310 g/mol. The van der Waals surface area contributed by atoms with Crippen molar-refractivity contribution in [1.82, 2.24) is 4.98 Å². The van der Waals surface area contributed by atoms with E-state index in [9.17, 15) is 0 Å². The van der Waals surface area contributed by atoms with E-state index >= 15 is 0 Å². The number of anilines is 1. The standard InChI is InChI=1S/C14H19BrN2O/c1-2-18-13-7-12(14(13)4-3-5-14)17-11-6-10(15)8-16-9-11/h6,8-9,12-13,17H,2-5,7H2,1H3. The lowest BCUT2D eigenvalue weighted by molar-refractivity contribution is -0.157. The summed E-state index contributed by atoms with van der Waals surface area (Å²) in [5.41, 5.74) is 1.51. The molecule has 3 rings (SSSR count). The van der Waals surface area contributed by atoms with Gasteiger partial charge in [-0.3, -0.25) is 4.98 Å². The zero-order valence-corrected chi connectivity index (χ0v) is 12.2. The summed E-state index contributed by atoms with van der Waals surface area (Å²) in [7, 11) is 0. The Morgan fingerprint density at radius 2 is 2.33 bits per heavy atom. The van der Waals surface area contributed by atoms with Crippen molar-refractivity contribution < 1.29 is 4.74 Å². The van der Waals surface area contributed by atoms with Gasteiger partial charge >= 0.3 is 0 Å². The van der Waals surface area contributed by atoms with E-state index in [0.717, 1.165) is 23.2 Å². The fraction of sp³-hybridized carbons (Fsp3) is 0.643. The van der Waals surface area contributed by atoms with Crippen molar-refractivity contribution in [3.8, 4) is 0 Å². The summed E-state index contributed by atoms with van der Waals surface area (Å²) in [5, 5.41) is 3.63. The van der Waals surface area contributed by atoms with Gasteiger partial charge in [0.1, 0.15) is 0 Å². The first kappa shape index (κ1) is 12.4. The molecule has 2 unspecified atom stereocenters. The first-order chi connectivity index (χ1) is 8.74. The predicted molar refractivity (Wildman–Crippen MR) is 75.7 cm³/mol. The molecule has 0 amide bonds. The minimum absolute atomic E-state index is 0.401. The van der Waals surface area contributed by atoms with Gasteiger partial charge in [-0.2, -0.15) is 0 Å². The van der Waals surface area contributed by atoms with Crippen LogP contribution in [0.4, 0.5) is 5.69 Å². The normalized spacial score (nSPS) is 28.6. The number of aromatic nitrogens is 1. The van der Waals surface area contributed by atoms with Crippen molar-refractivity contribution in [1.29, 1.82) is 0 Å². The van der Waals surface area contributed by atoms with Gasteiger partial charge in [0.2, 0.25) is 0 Å². The van der Waals surface area contributed by atoms with Crippen molar-refractivity contribution in [2.45, 2.75) is 44.8 Å². The number of hydrogen-bond acceptors (Lipinski definition) is 3. The number of ether oxygens (including phenoxy) is 1. The number of halogens is 1. The Morgan fingerprint density at radius 3 is 2.94 bits per heavy atom. The van der Waals surface area contributed by atoms with Crippen molar-refractivity contribution in [3.05, 3.63) is 22.9 Å². The van der Waals surface area contributed by atoms with Crippen molar-refractivity contribution >= 4 is 21.6 Å². The lowest BCUT2D eigenvalue weighted by Crippen LogP contribution is -2.64. The number of rotatable bonds is 4. The molecule has 0 bridgehead atoms. The fourth-order valence-corrected chi connectivity index (χ4v) is 3.70. The van der Waals surface area contributed by atoms with Crippen LogP contribution in [0.5, 0.6) is 0 Å². The quantitative estimate of drug-likeness (QED) is 0.922. The Labute approximate surface area is 116 Å². The molecule has 2 aliphatic rings. The maximum Gasteiger partial charge on any atom is 0.0670 e. The molecule has 4 heteroatoms. The maximum atomic E-state index is 5.86. The molecule has 2 saturated carbocycles. The van der Waals surface area contributed by atoms with Crippen LogP contribution in [0, 0.1) is 5.41 Å². The molecule has 1 spiro atoms. The van der Waals surface area contributed by atoms with Gasteiger partial charge in [0.25, 0.3) is 0 Å². The third kappa shape index (κ3) is 1.95. The van der Waals surface area contributed by atoms with E-state index in [-0.39, 0.29) is 0 Å². The number of nitrogens with one attached hydrogen (secondary N) is 1. The minimum atomic E-state index is 0.401. The van der Waals surface area contributed by atoms with Crippen molar-refractivity contribution in [2.75, 3.05) is 11.9 Å². The smallest absolute Gasteiger partial charge is 0.0670 e. The molecule has 3 nitrogen and oxygen atoms in total. The Morgan fingerprint density at radius 1 is 1.50 bits per heavy atom. The van der Waals surface area contributed by atoms with Crippen LogP contribution in [0.2, 0.25) is 0 Å². The molecule has 0 aromatic carbocycles. The SMILES string of the molecule is CCOC1CC(Nc2cncc(Br)c2)C12CCC2. The number of nitrogens with zero attached hydrogens (tertiary/aromatic N) is 1. The van der Waals surface area contributed by atoms with Crippen LogP contribution in [0.15, 0.2) is 22.9 Å². The van der Waals surface area contributed by atoms with Crippen LogP contribution in [0.25, 0.3) is 0 Å². The lowest BCUT2D eigenvalue weighted by Gasteiger charge is -2.61. The first-order valence-corrected chi connectivity index (χ1v) is 7.52. The predicted octanol–water partition coefficient (Wildman–Crippen LogP) is 3.60. The van der Waals surface area contributed by atoms with E-state index in [1.165, 1.54) is 19.3 Å². The van der Waals surface area contributed by atoms with Gasteiger partial charge in [0.15, 0.2) is 0 Å². The molecule has 2 aliphatic carbocycles. The average molecular weight is 311 g/mol. The molecule has 2 atom stereocenters. The van der Waals surface area contributed by atoms with Gasteiger partial charge in [0, 0.05) is 28.7 Å². The highest BCUT2D eigenvalue weighted by Crippen LogP contribution is 2.58. The van der Waals surface area contributed by atoms with Crippen molar-refractivity contribution in [3.63, 3.8) is 0 Å². The summed E-state index contributed by atoms with van der Waals surface area (Å²) < 4.78 is 6.89. The summed E-state index contributed by atoms with van der Waals surface area (Å²) in [6, 6.07) is 2.65. The highest BCUT2D eigenvalue weighted by molar-refractivity contribution is 9.10. The van der Waals surface area contributed by atoms with Crippen LogP contribution < -0.4 is 5.32 Å². The Hall–Kier alpha value is -0.610. The average Bonchev–Trinajstić information content (AvgIpc) is 2.25. The summed E-state index contributed by atoms with van der Waals surface area (Å²) >= 11 is 3.46. The van der Waals surface area contributed by atoms with Gasteiger partial charge in [-0.05, 0) is 48.2 Å². The zero-order valence-electron chi connectivity index (χ0n) is 10.7. The zero-order chi connectivity index (χ0) is 12.6. The van der Waals surface area contributed by atoms with Crippen LogP contribution in [-0.2, 0) is 4.74 Å². The van der Waals surface area contributed by atoms with E-state index in [1.54, 1.807) is 0 Å². The highest BCUT2D eigenvalue weighted by atomic mass is 79.9. The van der Waals surface area contributed by atoms with E-state index in [0.29, 0.717) is 17.6 Å². The van der Waals surface area contributed by atoms with Crippen LogP contribution in [0.3, 0.4) is 0 Å². The summed E-state index contributed by atoms with van der Waals surface area (Å²) in [6.45, 7) is 2.92. The van der Waals surface area contributed by atoms with Crippen molar-refractivity contribution in [2.24, 2.45) is 5.41 Å². The summed E-state index contributed by atoms with van der Waals surface area (Å²) in [4.78, 5) is 4.20. The molecule has 18 heavy (non-hydrogen) atoms. The van der Waals surface area contributed by atoms with Gasteiger partial charge < -0.3 is 10.1 Å². The van der Waals surface area contributed by atoms with E-state index < -0.39 is 0 Å². The number of pyridine rings is 1.